The molecule has 5 rings (SSSR count). The Morgan fingerprint density at radius 2 is 1.84 bits per heavy atom. The number of aromatic nitrogens is 4. The number of pyridine rings is 2. The summed E-state index contributed by atoms with van der Waals surface area (Å²) in [4.78, 5) is 19.2. The van der Waals surface area contributed by atoms with Crippen molar-refractivity contribution in [1.29, 1.82) is 0 Å². The molecule has 1 aliphatic heterocycles. The first-order valence-corrected chi connectivity index (χ1v) is 11.0. The minimum absolute atomic E-state index is 0.0854. The number of hydrogen-bond acceptors (Lipinski definition) is 5. The summed E-state index contributed by atoms with van der Waals surface area (Å²) in [5, 5.41) is 11.8. The Morgan fingerprint density at radius 1 is 1.00 bits per heavy atom. The summed E-state index contributed by atoms with van der Waals surface area (Å²) in [6.45, 7) is 3.49. The van der Waals surface area contributed by atoms with Gasteiger partial charge in [0.2, 0.25) is 0 Å². The lowest BCUT2D eigenvalue weighted by Gasteiger charge is -2.15. The SMILES string of the molecule is O=C(NCCc1ccncc1)c1ccc2nnc(C3CCN(Cc4ccccc4)C3)n2c1. The van der Waals surface area contributed by atoms with Crippen LogP contribution in [0.2, 0.25) is 0 Å². The number of carbonyl (C=O) groups excluding carboxylic acids is 1. The Kier molecular flexibility index (Phi) is 5.89. The van der Waals surface area contributed by atoms with Crippen LogP contribution in [0.4, 0.5) is 0 Å². The van der Waals surface area contributed by atoms with E-state index in [1.807, 2.05) is 40.9 Å². The molecule has 1 unspecified atom stereocenters. The van der Waals surface area contributed by atoms with Gasteiger partial charge in [0.25, 0.3) is 5.91 Å². The third-order valence-corrected chi connectivity index (χ3v) is 6.03. The van der Waals surface area contributed by atoms with Crippen LogP contribution in [0.25, 0.3) is 5.65 Å². The largest absolute Gasteiger partial charge is 0.352 e. The first-order valence-electron chi connectivity index (χ1n) is 11.0. The third-order valence-electron chi connectivity index (χ3n) is 6.03. The summed E-state index contributed by atoms with van der Waals surface area (Å²) in [6, 6.07) is 18.1. The zero-order valence-corrected chi connectivity index (χ0v) is 17.9. The van der Waals surface area contributed by atoms with Crippen molar-refractivity contribution in [3.63, 3.8) is 0 Å². The average Bonchev–Trinajstić information content (AvgIpc) is 3.46. The number of benzene rings is 1. The first-order chi connectivity index (χ1) is 15.8. The Labute approximate surface area is 187 Å². The molecule has 7 heteroatoms. The van der Waals surface area contributed by atoms with Crippen molar-refractivity contribution >= 4 is 11.6 Å². The van der Waals surface area contributed by atoms with Gasteiger partial charge < -0.3 is 5.32 Å². The molecule has 1 saturated heterocycles. The molecule has 1 amide bonds. The van der Waals surface area contributed by atoms with E-state index in [1.165, 1.54) is 5.56 Å². The third kappa shape index (κ3) is 4.53. The number of likely N-dealkylation sites (tertiary alicyclic amines) is 1. The Bertz CT molecular complexity index is 1190. The van der Waals surface area contributed by atoms with E-state index in [0.29, 0.717) is 18.0 Å². The van der Waals surface area contributed by atoms with Crippen LogP contribution in [0.15, 0.2) is 73.2 Å². The molecule has 0 spiro atoms. The highest BCUT2D eigenvalue weighted by atomic mass is 16.1. The Morgan fingerprint density at radius 3 is 2.69 bits per heavy atom. The molecule has 162 valence electrons. The van der Waals surface area contributed by atoms with Crippen molar-refractivity contribution < 1.29 is 4.79 Å². The second-order valence-corrected chi connectivity index (χ2v) is 8.27. The molecule has 4 heterocycles. The van der Waals surface area contributed by atoms with E-state index in [0.717, 1.165) is 49.5 Å². The number of carbonyl (C=O) groups is 1. The molecule has 7 nitrogen and oxygen atoms in total. The lowest BCUT2D eigenvalue weighted by molar-refractivity contribution is 0.0953. The van der Waals surface area contributed by atoms with Gasteiger partial charge in [0.05, 0.1) is 5.56 Å². The fraction of sp³-hybridized carbons (Fsp3) is 0.280. The second-order valence-electron chi connectivity index (χ2n) is 8.27. The maximum absolute atomic E-state index is 12.7. The molecule has 1 atom stereocenters. The zero-order chi connectivity index (χ0) is 21.8. The van der Waals surface area contributed by atoms with Crippen LogP contribution in [-0.2, 0) is 13.0 Å². The molecule has 1 fully saturated rings. The minimum atomic E-state index is -0.0854. The summed E-state index contributed by atoms with van der Waals surface area (Å²) in [7, 11) is 0. The molecule has 0 aliphatic carbocycles. The molecule has 1 aromatic carbocycles. The maximum Gasteiger partial charge on any atom is 0.252 e. The van der Waals surface area contributed by atoms with Gasteiger partial charge in [0.15, 0.2) is 5.65 Å². The quantitative estimate of drug-likeness (QED) is 0.492. The highest BCUT2D eigenvalue weighted by molar-refractivity contribution is 5.94. The summed E-state index contributed by atoms with van der Waals surface area (Å²) in [5.41, 5.74) is 3.87. The van der Waals surface area contributed by atoms with E-state index in [9.17, 15) is 4.79 Å². The second kappa shape index (κ2) is 9.28. The molecule has 1 aliphatic rings. The van der Waals surface area contributed by atoms with Gasteiger partial charge in [-0.25, -0.2) is 0 Å². The number of fused-ring (bicyclic) bond motifs is 1. The van der Waals surface area contributed by atoms with Crippen molar-refractivity contribution in [1.82, 2.24) is 29.8 Å². The normalized spacial score (nSPS) is 16.4. The van der Waals surface area contributed by atoms with Crippen LogP contribution in [0.1, 0.15) is 39.6 Å². The number of rotatable bonds is 7. The summed E-state index contributed by atoms with van der Waals surface area (Å²) in [6.07, 6.45) is 7.21. The smallest absolute Gasteiger partial charge is 0.252 e. The molecule has 0 saturated carbocycles. The molecule has 3 aromatic heterocycles. The van der Waals surface area contributed by atoms with Crippen LogP contribution in [-0.4, -0.2) is 50.0 Å². The number of amides is 1. The van der Waals surface area contributed by atoms with E-state index in [4.69, 9.17) is 0 Å². The average molecular weight is 427 g/mol. The molecular formula is C25H26N6O. The Balaban J connectivity index is 1.25. The minimum Gasteiger partial charge on any atom is -0.352 e. The maximum atomic E-state index is 12.7. The van der Waals surface area contributed by atoms with Gasteiger partial charge >= 0.3 is 0 Å². The Hall–Kier alpha value is -3.58. The van der Waals surface area contributed by atoms with Crippen LogP contribution in [0.3, 0.4) is 0 Å². The molecule has 1 N–H and O–H groups in total. The van der Waals surface area contributed by atoms with Crippen molar-refractivity contribution in [3.8, 4) is 0 Å². The number of hydrogen-bond donors (Lipinski definition) is 1. The van der Waals surface area contributed by atoms with E-state index >= 15 is 0 Å². The first kappa shape index (κ1) is 20.3. The predicted octanol–water partition coefficient (Wildman–Crippen LogP) is 3.09. The molecule has 0 bridgehead atoms. The topological polar surface area (TPSA) is 75.4 Å². The predicted molar refractivity (Wildman–Crippen MR) is 122 cm³/mol. The lowest BCUT2D eigenvalue weighted by Crippen LogP contribution is -2.26. The van der Waals surface area contributed by atoms with E-state index < -0.39 is 0 Å². The van der Waals surface area contributed by atoms with Gasteiger partial charge in [0.1, 0.15) is 5.82 Å². The highest BCUT2D eigenvalue weighted by Gasteiger charge is 2.27. The highest BCUT2D eigenvalue weighted by Crippen LogP contribution is 2.27. The monoisotopic (exact) mass is 426 g/mol. The molecule has 0 radical (unpaired) electrons. The molecule has 4 aromatic rings. The molecule has 32 heavy (non-hydrogen) atoms. The van der Waals surface area contributed by atoms with Gasteiger partial charge in [-0.15, -0.1) is 10.2 Å². The fourth-order valence-corrected chi connectivity index (χ4v) is 4.32. The number of nitrogens with one attached hydrogen (secondary N) is 1. The van der Waals surface area contributed by atoms with Gasteiger partial charge in [-0.05, 0) is 54.8 Å². The van der Waals surface area contributed by atoms with Gasteiger partial charge in [-0.3, -0.25) is 19.1 Å². The standard InChI is InChI=1S/C25H26N6O/c32-25(27-14-10-19-8-12-26-13-9-19)22-6-7-23-28-29-24(31(23)18-22)21-11-15-30(17-21)16-20-4-2-1-3-5-20/h1-9,12-13,18,21H,10-11,14-17H2,(H,27,32). The lowest BCUT2D eigenvalue weighted by atomic mass is 10.1. The summed E-state index contributed by atoms with van der Waals surface area (Å²) >= 11 is 0. The van der Waals surface area contributed by atoms with E-state index in [2.05, 4.69) is 49.7 Å². The van der Waals surface area contributed by atoms with Crippen molar-refractivity contribution in [2.24, 2.45) is 0 Å². The zero-order valence-electron chi connectivity index (χ0n) is 17.9. The van der Waals surface area contributed by atoms with Crippen molar-refractivity contribution in [3.05, 3.63) is 95.7 Å². The fourth-order valence-electron chi connectivity index (χ4n) is 4.32. The van der Waals surface area contributed by atoms with E-state index in [-0.39, 0.29) is 5.91 Å². The summed E-state index contributed by atoms with van der Waals surface area (Å²) in [5.74, 6) is 1.15. The van der Waals surface area contributed by atoms with Gasteiger partial charge in [-0.2, -0.15) is 0 Å². The van der Waals surface area contributed by atoms with Crippen molar-refractivity contribution in [2.45, 2.75) is 25.3 Å². The van der Waals surface area contributed by atoms with Crippen LogP contribution < -0.4 is 5.32 Å². The van der Waals surface area contributed by atoms with Crippen LogP contribution in [0, 0.1) is 0 Å². The molecular weight excluding hydrogens is 400 g/mol. The van der Waals surface area contributed by atoms with E-state index in [1.54, 1.807) is 12.4 Å². The summed E-state index contributed by atoms with van der Waals surface area (Å²) < 4.78 is 1.98. The van der Waals surface area contributed by atoms with Gasteiger partial charge in [0, 0.05) is 44.1 Å². The number of nitrogens with zero attached hydrogens (tertiary/aromatic N) is 5. The van der Waals surface area contributed by atoms with Crippen molar-refractivity contribution in [2.75, 3.05) is 19.6 Å². The van der Waals surface area contributed by atoms with Gasteiger partial charge in [-0.1, -0.05) is 30.3 Å². The van der Waals surface area contributed by atoms with Crippen LogP contribution >= 0.6 is 0 Å². The van der Waals surface area contributed by atoms with Crippen LogP contribution in [0.5, 0.6) is 0 Å².